The molecule has 2 unspecified atom stereocenters. The second-order valence-corrected chi connectivity index (χ2v) is 7.76. The number of nitrogens with zero attached hydrogens (tertiary/aromatic N) is 3. The summed E-state index contributed by atoms with van der Waals surface area (Å²) in [5.74, 6) is -0.577. The summed E-state index contributed by atoms with van der Waals surface area (Å²) in [5, 5.41) is 18.4. The Kier molecular flexibility index (Phi) is 5.59. The lowest BCUT2D eigenvalue weighted by molar-refractivity contribution is -0.110. The molecule has 1 aromatic heterocycles. The zero-order valence-electron chi connectivity index (χ0n) is 14.9. The van der Waals surface area contributed by atoms with Gasteiger partial charge in [-0.2, -0.15) is 10.5 Å². The third kappa shape index (κ3) is 3.51. The SMILES string of the molecule is CC(C)(C#N)c1ccc(C(C=O)C(C)(N=CN)c2ccc(C#N)s2)cc1. The van der Waals surface area contributed by atoms with E-state index >= 15 is 0 Å². The maximum Gasteiger partial charge on any atom is 0.130 e. The molecule has 1 heterocycles. The Balaban J connectivity index is 2.51. The summed E-state index contributed by atoms with van der Waals surface area (Å²) in [6.07, 6.45) is 2.04. The molecule has 0 radical (unpaired) electrons. The van der Waals surface area contributed by atoms with Crippen LogP contribution in [0.4, 0.5) is 0 Å². The number of thiophene rings is 1. The van der Waals surface area contributed by atoms with Crippen LogP contribution in [0.3, 0.4) is 0 Å². The fraction of sp³-hybridized carbons (Fsp3) is 0.300. The van der Waals surface area contributed by atoms with E-state index in [1.807, 2.05) is 45.0 Å². The molecule has 2 atom stereocenters. The lowest BCUT2D eigenvalue weighted by Gasteiger charge is -2.30. The van der Waals surface area contributed by atoms with Gasteiger partial charge in [-0.1, -0.05) is 24.3 Å². The molecule has 0 fully saturated rings. The van der Waals surface area contributed by atoms with Gasteiger partial charge in [0.15, 0.2) is 0 Å². The second kappa shape index (κ2) is 7.51. The van der Waals surface area contributed by atoms with Crippen LogP contribution in [-0.2, 0) is 15.7 Å². The number of nitrogens with two attached hydrogens (primary N) is 1. The monoisotopic (exact) mass is 364 g/mol. The molecule has 0 aliphatic rings. The van der Waals surface area contributed by atoms with Gasteiger partial charge in [-0.3, -0.25) is 4.99 Å². The first kappa shape index (κ1) is 19.4. The minimum Gasteiger partial charge on any atom is -0.390 e. The van der Waals surface area contributed by atoms with Gasteiger partial charge in [0.1, 0.15) is 22.8 Å². The van der Waals surface area contributed by atoms with Crippen molar-refractivity contribution in [3.8, 4) is 12.1 Å². The van der Waals surface area contributed by atoms with Crippen molar-refractivity contribution >= 4 is 24.0 Å². The quantitative estimate of drug-likeness (QED) is 0.480. The van der Waals surface area contributed by atoms with Crippen molar-refractivity contribution < 1.29 is 4.79 Å². The first-order chi connectivity index (χ1) is 12.3. The number of hydrogen-bond acceptors (Lipinski definition) is 5. The van der Waals surface area contributed by atoms with Crippen LogP contribution in [0, 0.1) is 22.7 Å². The average molecular weight is 364 g/mol. The summed E-state index contributed by atoms with van der Waals surface area (Å²) in [4.78, 5) is 17.7. The highest BCUT2D eigenvalue weighted by Crippen LogP contribution is 2.42. The molecule has 0 spiro atoms. The summed E-state index contributed by atoms with van der Waals surface area (Å²) in [7, 11) is 0. The number of carbonyl (C=O) groups excluding carboxylic acids is 1. The van der Waals surface area contributed by atoms with Crippen molar-refractivity contribution in [3.05, 3.63) is 57.3 Å². The van der Waals surface area contributed by atoms with Crippen LogP contribution in [0.15, 0.2) is 41.4 Å². The van der Waals surface area contributed by atoms with Gasteiger partial charge in [0.25, 0.3) is 0 Å². The van der Waals surface area contributed by atoms with E-state index < -0.39 is 16.9 Å². The van der Waals surface area contributed by atoms with Crippen LogP contribution < -0.4 is 5.73 Å². The predicted molar refractivity (Wildman–Crippen MR) is 103 cm³/mol. The number of benzene rings is 1. The molecule has 2 N–H and O–H groups in total. The topological polar surface area (TPSA) is 103 Å². The predicted octanol–water partition coefficient (Wildman–Crippen LogP) is 3.61. The Morgan fingerprint density at radius 3 is 2.27 bits per heavy atom. The fourth-order valence-corrected chi connectivity index (χ4v) is 3.77. The van der Waals surface area contributed by atoms with E-state index in [-0.39, 0.29) is 0 Å². The van der Waals surface area contributed by atoms with E-state index in [9.17, 15) is 10.1 Å². The first-order valence-electron chi connectivity index (χ1n) is 8.05. The third-order valence-electron chi connectivity index (χ3n) is 4.57. The maximum absolute atomic E-state index is 12.0. The van der Waals surface area contributed by atoms with Gasteiger partial charge in [0.2, 0.25) is 0 Å². The van der Waals surface area contributed by atoms with E-state index in [2.05, 4.69) is 17.1 Å². The van der Waals surface area contributed by atoms with Gasteiger partial charge in [0.05, 0.1) is 23.7 Å². The van der Waals surface area contributed by atoms with Gasteiger partial charge in [-0.15, -0.1) is 11.3 Å². The molecule has 2 rings (SSSR count). The molecule has 0 aliphatic carbocycles. The molecular formula is C20H20N4OS. The number of rotatable bonds is 6. The van der Waals surface area contributed by atoms with Crippen molar-refractivity contribution in [1.82, 2.24) is 0 Å². The number of carbonyl (C=O) groups is 1. The van der Waals surface area contributed by atoms with Crippen LogP contribution in [0.25, 0.3) is 0 Å². The van der Waals surface area contributed by atoms with E-state index in [1.165, 1.54) is 17.7 Å². The van der Waals surface area contributed by atoms with Crippen molar-refractivity contribution in [3.63, 3.8) is 0 Å². The van der Waals surface area contributed by atoms with Crippen molar-refractivity contribution in [1.29, 1.82) is 10.5 Å². The highest BCUT2D eigenvalue weighted by Gasteiger charge is 2.38. The zero-order chi connectivity index (χ0) is 19.4. The van der Waals surface area contributed by atoms with Crippen LogP contribution in [-0.4, -0.2) is 12.6 Å². The third-order valence-corrected chi connectivity index (χ3v) is 5.79. The molecule has 0 saturated heterocycles. The molecule has 0 saturated carbocycles. The number of nitriles is 2. The van der Waals surface area contributed by atoms with Gasteiger partial charge >= 0.3 is 0 Å². The Morgan fingerprint density at radius 1 is 1.15 bits per heavy atom. The lowest BCUT2D eigenvalue weighted by Crippen LogP contribution is -2.29. The Bertz CT molecular complexity index is 899. The molecular weight excluding hydrogens is 344 g/mol. The normalized spacial score (nSPS) is 15.0. The largest absolute Gasteiger partial charge is 0.390 e. The van der Waals surface area contributed by atoms with E-state index in [1.54, 1.807) is 12.1 Å². The highest BCUT2D eigenvalue weighted by molar-refractivity contribution is 7.12. The number of aldehydes is 1. The number of hydrogen-bond donors (Lipinski definition) is 1. The molecule has 26 heavy (non-hydrogen) atoms. The molecule has 5 nitrogen and oxygen atoms in total. The average Bonchev–Trinajstić information content (AvgIpc) is 3.13. The zero-order valence-corrected chi connectivity index (χ0v) is 15.7. The lowest BCUT2D eigenvalue weighted by atomic mass is 9.79. The van der Waals surface area contributed by atoms with Gasteiger partial charge in [-0.25, -0.2) is 0 Å². The molecule has 0 amide bonds. The van der Waals surface area contributed by atoms with Crippen molar-refractivity contribution in [2.75, 3.05) is 0 Å². The summed E-state index contributed by atoms with van der Waals surface area (Å²) in [6.45, 7) is 5.52. The van der Waals surface area contributed by atoms with E-state index in [0.29, 0.717) is 4.88 Å². The highest BCUT2D eigenvalue weighted by atomic mass is 32.1. The van der Waals surface area contributed by atoms with Crippen molar-refractivity contribution in [2.45, 2.75) is 37.6 Å². The molecule has 1 aromatic carbocycles. The van der Waals surface area contributed by atoms with Gasteiger partial charge in [0, 0.05) is 4.88 Å². The maximum atomic E-state index is 12.0. The second-order valence-electron chi connectivity index (χ2n) is 6.67. The van der Waals surface area contributed by atoms with Gasteiger partial charge in [-0.05, 0) is 44.0 Å². The van der Waals surface area contributed by atoms with Crippen LogP contribution in [0.1, 0.15) is 47.6 Å². The van der Waals surface area contributed by atoms with Crippen LogP contribution >= 0.6 is 11.3 Å². The minimum atomic E-state index is -0.914. The van der Waals surface area contributed by atoms with E-state index in [0.717, 1.165) is 22.3 Å². The standard InChI is InChI=1S/C20H20N4OS/c1-19(2,12-22)15-6-4-14(5-7-15)17(11-25)20(3,24-13-23)18-9-8-16(10-21)26-18/h4-9,11,13,17H,1-3H3,(H2,23,24). The summed E-state index contributed by atoms with van der Waals surface area (Å²) < 4.78 is 0. The first-order valence-corrected chi connectivity index (χ1v) is 8.87. The Labute approximate surface area is 157 Å². The molecule has 0 bridgehead atoms. The minimum absolute atomic E-state index is 0.550. The number of aliphatic imine (C=N–C) groups is 1. The summed E-state index contributed by atoms with van der Waals surface area (Å²) >= 11 is 1.30. The van der Waals surface area contributed by atoms with E-state index in [4.69, 9.17) is 11.0 Å². The summed E-state index contributed by atoms with van der Waals surface area (Å²) in [5.41, 5.74) is 5.69. The smallest absolute Gasteiger partial charge is 0.130 e. The van der Waals surface area contributed by atoms with Crippen LogP contribution in [0.5, 0.6) is 0 Å². The summed E-state index contributed by atoms with van der Waals surface area (Å²) in [6, 6.07) is 15.3. The molecule has 0 aliphatic heterocycles. The molecule has 132 valence electrons. The van der Waals surface area contributed by atoms with Crippen LogP contribution in [0.2, 0.25) is 0 Å². The molecule has 6 heteroatoms. The Hall–Kier alpha value is -2.96. The molecule has 2 aromatic rings. The van der Waals surface area contributed by atoms with Gasteiger partial charge < -0.3 is 10.5 Å². The fourth-order valence-electron chi connectivity index (χ4n) is 2.83. The van der Waals surface area contributed by atoms with Crippen molar-refractivity contribution in [2.24, 2.45) is 10.7 Å². The Morgan fingerprint density at radius 2 is 1.81 bits per heavy atom.